The van der Waals surface area contributed by atoms with Crippen LogP contribution >= 0.6 is 10.7 Å². The van der Waals surface area contributed by atoms with E-state index in [-0.39, 0.29) is 4.90 Å². The topological polar surface area (TPSA) is 34.1 Å². The van der Waals surface area contributed by atoms with Crippen LogP contribution in [0.1, 0.15) is 24.3 Å². The average Bonchev–Trinajstić information content (AvgIpc) is 2.89. The van der Waals surface area contributed by atoms with Crippen LogP contribution in [-0.4, -0.2) is 8.42 Å². The van der Waals surface area contributed by atoms with Gasteiger partial charge >= 0.3 is 0 Å². The highest BCUT2D eigenvalue weighted by atomic mass is 35.7. The van der Waals surface area contributed by atoms with Gasteiger partial charge in [-0.1, -0.05) is 24.3 Å². The van der Waals surface area contributed by atoms with Crippen molar-refractivity contribution in [3.05, 3.63) is 42.0 Å². The minimum Gasteiger partial charge on any atom is -0.207 e. The highest BCUT2D eigenvalue weighted by Crippen LogP contribution is 2.48. The Bertz CT molecular complexity index is 560. The van der Waals surface area contributed by atoms with E-state index in [1.807, 2.05) is 12.1 Å². The maximum atomic E-state index is 11.1. The number of benzene rings is 1. The fourth-order valence-electron chi connectivity index (χ4n) is 3.04. The van der Waals surface area contributed by atoms with E-state index in [2.05, 4.69) is 12.2 Å². The Balaban J connectivity index is 1.89. The van der Waals surface area contributed by atoms with Crippen molar-refractivity contribution in [3.8, 4) is 0 Å². The zero-order valence-electron chi connectivity index (χ0n) is 9.21. The van der Waals surface area contributed by atoms with Gasteiger partial charge in [0, 0.05) is 10.7 Å². The molecule has 4 heteroatoms. The van der Waals surface area contributed by atoms with E-state index < -0.39 is 9.05 Å². The van der Waals surface area contributed by atoms with Gasteiger partial charge in [0.25, 0.3) is 9.05 Å². The second-order valence-corrected chi connectivity index (χ2v) is 7.46. The van der Waals surface area contributed by atoms with Crippen molar-refractivity contribution in [2.24, 2.45) is 11.8 Å². The maximum absolute atomic E-state index is 11.1. The summed E-state index contributed by atoms with van der Waals surface area (Å²) in [6, 6.07) is 7.00. The summed E-state index contributed by atoms with van der Waals surface area (Å²) in [6.07, 6.45) is 7.04. The largest absolute Gasteiger partial charge is 0.261 e. The first kappa shape index (κ1) is 11.3. The molecule has 0 heterocycles. The predicted molar refractivity (Wildman–Crippen MR) is 67.6 cm³/mol. The number of rotatable bonds is 2. The van der Waals surface area contributed by atoms with E-state index in [1.165, 1.54) is 18.4 Å². The van der Waals surface area contributed by atoms with Gasteiger partial charge in [-0.05, 0) is 48.3 Å². The molecule has 0 radical (unpaired) electrons. The monoisotopic (exact) mass is 268 g/mol. The third-order valence-corrected chi connectivity index (χ3v) is 5.24. The third kappa shape index (κ3) is 2.02. The Kier molecular flexibility index (Phi) is 2.56. The molecule has 0 saturated heterocycles. The van der Waals surface area contributed by atoms with Crippen LogP contribution in [0, 0.1) is 11.8 Å². The van der Waals surface area contributed by atoms with Crippen molar-refractivity contribution in [2.75, 3.05) is 0 Å². The molecule has 3 atom stereocenters. The third-order valence-electron chi connectivity index (χ3n) is 3.87. The van der Waals surface area contributed by atoms with Crippen molar-refractivity contribution < 1.29 is 8.42 Å². The van der Waals surface area contributed by atoms with E-state index in [4.69, 9.17) is 10.7 Å². The quantitative estimate of drug-likeness (QED) is 0.609. The predicted octanol–water partition coefficient (Wildman–Crippen LogP) is 3.29. The molecular weight excluding hydrogens is 256 g/mol. The van der Waals surface area contributed by atoms with Gasteiger partial charge in [0.05, 0.1) is 4.90 Å². The van der Waals surface area contributed by atoms with Gasteiger partial charge in [0.2, 0.25) is 0 Å². The summed E-state index contributed by atoms with van der Waals surface area (Å²) >= 11 is 0. The lowest BCUT2D eigenvalue weighted by atomic mass is 9.87. The van der Waals surface area contributed by atoms with Crippen LogP contribution in [-0.2, 0) is 9.05 Å². The summed E-state index contributed by atoms with van der Waals surface area (Å²) in [7, 11) is 1.70. The van der Waals surface area contributed by atoms with Crippen molar-refractivity contribution >= 4 is 19.7 Å². The molecule has 2 nitrogen and oxygen atoms in total. The van der Waals surface area contributed by atoms with Crippen molar-refractivity contribution in [1.29, 1.82) is 0 Å². The fourth-order valence-corrected chi connectivity index (χ4v) is 3.81. The van der Waals surface area contributed by atoms with Crippen LogP contribution in [0.3, 0.4) is 0 Å². The lowest BCUT2D eigenvalue weighted by Crippen LogP contribution is -2.05. The number of fused-ring (bicyclic) bond motifs is 2. The molecule has 0 spiro atoms. The standard InChI is InChI=1S/C13H13ClO2S/c14-17(15,16)12-5-3-10(4-6-12)13-8-9-1-2-11(13)7-9/h1-6,9,11,13H,7-8H2/t9?,11-,13+/m0/s1. The van der Waals surface area contributed by atoms with Crippen molar-refractivity contribution in [1.82, 2.24) is 0 Å². The summed E-state index contributed by atoms with van der Waals surface area (Å²) in [4.78, 5) is 0.182. The van der Waals surface area contributed by atoms with Crippen LogP contribution in [0.2, 0.25) is 0 Å². The van der Waals surface area contributed by atoms with Crippen LogP contribution in [0.5, 0.6) is 0 Å². The lowest BCUT2D eigenvalue weighted by Gasteiger charge is -2.18. The Morgan fingerprint density at radius 1 is 1.06 bits per heavy atom. The smallest absolute Gasteiger partial charge is 0.207 e. The lowest BCUT2D eigenvalue weighted by molar-refractivity contribution is 0.584. The average molecular weight is 269 g/mol. The normalized spacial score (nSPS) is 31.0. The molecule has 0 amide bonds. The van der Waals surface area contributed by atoms with Crippen molar-refractivity contribution in [2.45, 2.75) is 23.7 Å². The Morgan fingerprint density at radius 3 is 2.24 bits per heavy atom. The van der Waals surface area contributed by atoms with E-state index in [0.717, 1.165) is 5.92 Å². The molecule has 1 aromatic carbocycles. The van der Waals surface area contributed by atoms with Crippen LogP contribution in [0.15, 0.2) is 41.3 Å². The zero-order valence-corrected chi connectivity index (χ0v) is 10.8. The molecule has 0 aliphatic heterocycles. The van der Waals surface area contributed by atoms with E-state index in [9.17, 15) is 8.42 Å². The first-order chi connectivity index (χ1) is 8.04. The fraction of sp³-hybridized carbons (Fsp3) is 0.385. The summed E-state index contributed by atoms with van der Waals surface area (Å²) in [5.41, 5.74) is 1.23. The summed E-state index contributed by atoms with van der Waals surface area (Å²) in [5, 5.41) is 0. The van der Waals surface area contributed by atoms with Crippen molar-refractivity contribution in [3.63, 3.8) is 0 Å². The summed E-state index contributed by atoms with van der Waals surface area (Å²) in [5.74, 6) is 1.91. The van der Waals surface area contributed by atoms with Crippen LogP contribution < -0.4 is 0 Å². The molecule has 2 aliphatic carbocycles. The number of hydrogen-bond acceptors (Lipinski definition) is 2. The highest BCUT2D eigenvalue weighted by molar-refractivity contribution is 8.13. The van der Waals surface area contributed by atoms with E-state index in [1.54, 1.807) is 12.1 Å². The Labute approximate surface area is 106 Å². The molecule has 90 valence electrons. The molecule has 17 heavy (non-hydrogen) atoms. The molecule has 0 aromatic heterocycles. The summed E-state index contributed by atoms with van der Waals surface area (Å²) in [6.45, 7) is 0. The molecule has 3 rings (SSSR count). The Morgan fingerprint density at radius 2 is 1.76 bits per heavy atom. The Hall–Kier alpha value is -0.800. The minimum absolute atomic E-state index is 0.182. The first-order valence-electron chi connectivity index (χ1n) is 5.77. The second-order valence-electron chi connectivity index (χ2n) is 4.89. The number of hydrogen-bond donors (Lipinski definition) is 0. The van der Waals surface area contributed by atoms with Gasteiger partial charge in [-0.2, -0.15) is 0 Å². The van der Waals surface area contributed by atoms with E-state index >= 15 is 0 Å². The van der Waals surface area contributed by atoms with Gasteiger partial charge in [0.15, 0.2) is 0 Å². The van der Waals surface area contributed by atoms with Gasteiger partial charge in [-0.15, -0.1) is 0 Å². The van der Waals surface area contributed by atoms with Gasteiger partial charge in [-0.3, -0.25) is 0 Å². The number of halogens is 1. The first-order valence-corrected chi connectivity index (χ1v) is 8.08. The molecule has 1 unspecified atom stereocenters. The molecule has 1 saturated carbocycles. The van der Waals surface area contributed by atoms with Gasteiger partial charge in [-0.25, -0.2) is 8.42 Å². The van der Waals surface area contributed by atoms with E-state index in [0.29, 0.717) is 11.8 Å². The van der Waals surface area contributed by atoms with Gasteiger partial charge in [0.1, 0.15) is 0 Å². The SMILES string of the molecule is O=S(=O)(Cl)c1ccc([C@H]2CC3C=C[C@H]2C3)cc1. The maximum Gasteiger partial charge on any atom is 0.261 e. The molecule has 1 aromatic rings. The highest BCUT2D eigenvalue weighted by Gasteiger charge is 2.36. The summed E-state index contributed by atoms with van der Waals surface area (Å²) < 4.78 is 22.3. The zero-order chi connectivity index (χ0) is 12.0. The molecule has 2 aliphatic rings. The molecular formula is C13H13ClO2S. The van der Waals surface area contributed by atoms with Gasteiger partial charge < -0.3 is 0 Å². The number of allylic oxidation sites excluding steroid dienone is 2. The second kappa shape index (κ2) is 3.85. The van der Waals surface area contributed by atoms with Crippen LogP contribution in [0.25, 0.3) is 0 Å². The van der Waals surface area contributed by atoms with Crippen LogP contribution in [0.4, 0.5) is 0 Å². The molecule has 0 N–H and O–H groups in total. The molecule has 2 bridgehead atoms. The molecule has 1 fully saturated rings. The minimum atomic E-state index is -3.60.